The quantitative estimate of drug-likeness (QED) is 0.778. The Morgan fingerprint density at radius 3 is 2.94 bits per heavy atom. The van der Waals surface area contributed by atoms with Crippen molar-refractivity contribution in [2.24, 2.45) is 5.92 Å². The van der Waals surface area contributed by atoms with Crippen LogP contribution in [0.4, 0.5) is 0 Å². The smallest absolute Gasteiger partial charge is 0.239 e. The molecule has 2 heterocycles. The molecule has 0 aliphatic rings. The summed E-state index contributed by atoms with van der Waals surface area (Å²) in [5, 5.41) is 19.7. The number of hydrogen-bond donors (Lipinski definition) is 2. The summed E-state index contributed by atoms with van der Waals surface area (Å²) in [7, 11) is 0. The zero-order chi connectivity index (χ0) is 11.5. The minimum atomic E-state index is -0.483. The maximum atomic E-state index is 9.66. The van der Waals surface area contributed by atoms with Gasteiger partial charge in [-0.1, -0.05) is 19.0 Å². The first kappa shape index (κ1) is 10.7. The van der Waals surface area contributed by atoms with Gasteiger partial charge in [0.2, 0.25) is 11.7 Å². The van der Waals surface area contributed by atoms with E-state index in [4.69, 9.17) is 4.52 Å². The molecule has 0 amide bonds. The lowest BCUT2D eigenvalue weighted by Crippen LogP contribution is -2.17. The summed E-state index contributed by atoms with van der Waals surface area (Å²) in [6, 6.07) is 0. The second kappa shape index (κ2) is 4.40. The van der Waals surface area contributed by atoms with Gasteiger partial charge >= 0.3 is 0 Å². The third-order valence-corrected chi connectivity index (χ3v) is 2.25. The Kier molecular flexibility index (Phi) is 2.95. The largest absolute Gasteiger partial charge is 0.392 e. The number of aliphatic hydroxyl groups excluding tert-OH is 1. The van der Waals surface area contributed by atoms with Gasteiger partial charge in [-0.05, 0) is 5.92 Å². The number of nitrogens with zero attached hydrogens (tertiary/aromatic N) is 4. The zero-order valence-electron chi connectivity index (χ0n) is 9.08. The number of aliphatic hydroxyl groups is 1. The molecule has 0 bridgehead atoms. The molecule has 0 aromatic carbocycles. The Balaban J connectivity index is 2.08. The molecule has 86 valence electrons. The van der Waals surface area contributed by atoms with Crippen molar-refractivity contribution in [2.45, 2.75) is 26.4 Å². The molecule has 0 saturated carbocycles. The third kappa shape index (κ3) is 2.25. The van der Waals surface area contributed by atoms with Gasteiger partial charge < -0.3 is 9.63 Å². The van der Waals surface area contributed by atoms with Crippen molar-refractivity contribution < 1.29 is 9.63 Å². The average molecular weight is 223 g/mol. The van der Waals surface area contributed by atoms with E-state index in [-0.39, 0.29) is 5.92 Å². The van der Waals surface area contributed by atoms with Crippen molar-refractivity contribution in [3.63, 3.8) is 0 Å². The zero-order valence-corrected chi connectivity index (χ0v) is 9.08. The maximum absolute atomic E-state index is 9.66. The molecule has 0 aliphatic carbocycles. The number of H-pyrrole nitrogens is 1. The number of rotatable bonds is 4. The Labute approximate surface area is 91.9 Å². The van der Waals surface area contributed by atoms with E-state index in [2.05, 4.69) is 25.3 Å². The lowest BCUT2D eigenvalue weighted by Gasteiger charge is -2.10. The summed E-state index contributed by atoms with van der Waals surface area (Å²) in [5.41, 5.74) is 0. The Morgan fingerprint density at radius 2 is 2.31 bits per heavy atom. The summed E-state index contributed by atoms with van der Waals surface area (Å²) in [4.78, 5) is 8.00. The first-order valence-electron chi connectivity index (χ1n) is 5.03. The van der Waals surface area contributed by atoms with Crippen molar-refractivity contribution in [3.8, 4) is 11.6 Å². The van der Waals surface area contributed by atoms with Gasteiger partial charge in [0.15, 0.2) is 5.82 Å². The summed E-state index contributed by atoms with van der Waals surface area (Å²) in [6.07, 6.45) is 1.23. The van der Waals surface area contributed by atoms with E-state index in [9.17, 15) is 5.11 Å². The molecule has 7 nitrogen and oxygen atoms in total. The fraction of sp³-hybridized carbons (Fsp3) is 0.556. The highest BCUT2D eigenvalue weighted by atomic mass is 16.5. The molecule has 1 unspecified atom stereocenters. The van der Waals surface area contributed by atoms with Crippen LogP contribution in [0, 0.1) is 5.92 Å². The van der Waals surface area contributed by atoms with Crippen LogP contribution in [0.5, 0.6) is 0 Å². The normalized spacial score (nSPS) is 13.2. The molecule has 2 rings (SSSR count). The Bertz CT molecular complexity index is 436. The third-order valence-electron chi connectivity index (χ3n) is 2.25. The molecule has 0 spiro atoms. The predicted molar refractivity (Wildman–Crippen MR) is 54.2 cm³/mol. The molecule has 2 aromatic rings. The van der Waals surface area contributed by atoms with E-state index >= 15 is 0 Å². The van der Waals surface area contributed by atoms with Gasteiger partial charge in [-0.2, -0.15) is 10.1 Å². The van der Waals surface area contributed by atoms with Gasteiger partial charge in [0, 0.05) is 0 Å². The minimum Gasteiger partial charge on any atom is -0.392 e. The standard InChI is InChI=1S/C9H13N5O2/c1-5(2)6(15)3-7-12-9(14-16-7)8-10-4-11-13-8/h4-6,15H,3H2,1-2H3,(H,10,11,13). The highest BCUT2D eigenvalue weighted by molar-refractivity contribution is 5.39. The van der Waals surface area contributed by atoms with E-state index < -0.39 is 6.10 Å². The lowest BCUT2D eigenvalue weighted by atomic mass is 10.0. The van der Waals surface area contributed by atoms with Gasteiger partial charge in [0.05, 0.1) is 12.5 Å². The van der Waals surface area contributed by atoms with Crippen molar-refractivity contribution >= 4 is 0 Å². The number of hydrogen-bond acceptors (Lipinski definition) is 6. The number of aromatic nitrogens is 5. The molecular weight excluding hydrogens is 210 g/mol. The van der Waals surface area contributed by atoms with Crippen molar-refractivity contribution in [2.75, 3.05) is 0 Å². The van der Waals surface area contributed by atoms with Gasteiger partial charge in [0.1, 0.15) is 6.33 Å². The average Bonchev–Trinajstić information content (AvgIpc) is 2.85. The molecule has 0 saturated heterocycles. The molecule has 2 aromatic heterocycles. The topological polar surface area (TPSA) is 101 Å². The van der Waals surface area contributed by atoms with E-state index in [1.165, 1.54) is 6.33 Å². The van der Waals surface area contributed by atoms with E-state index in [1.807, 2.05) is 13.8 Å². The van der Waals surface area contributed by atoms with Crippen LogP contribution in [0.3, 0.4) is 0 Å². The number of nitrogens with one attached hydrogen (secondary N) is 1. The maximum Gasteiger partial charge on any atom is 0.239 e. The van der Waals surface area contributed by atoms with Crippen LogP contribution in [-0.4, -0.2) is 36.5 Å². The molecule has 0 aliphatic heterocycles. The summed E-state index contributed by atoms with van der Waals surface area (Å²) in [5.74, 6) is 1.35. The van der Waals surface area contributed by atoms with Crippen molar-refractivity contribution in [1.29, 1.82) is 0 Å². The SMILES string of the molecule is CC(C)C(O)Cc1nc(-c2ncn[nH]2)no1. The van der Waals surface area contributed by atoms with Gasteiger partial charge in [-0.3, -0.25) is 5.10 Å². The van der Waals surface area contributed by atoms with Crippen LogP contribution in [0.15, 0.2) is 10.9 Å². The molecule has 0 fully saturated rings. The first-order chi connectivity index (χ1) is 7.66. The highest BCUT2D eigenvalue weighted by Gasteiger charge is 2.16. The second-order valence-corrected chi connectivity index (χ2v) is 3.86. The monoisotopic (exact) mass is 223 g/mol. The predicted octanol–water partition coefficient (Wildman–Crippen LogP) is 0.414. The van der Waals surface area contributed by atoms with Crippen LogP contribution >= 0.6 is 0 Å². The molecule has 2 N–H and O–H groups in total. The van der Waals surface area contributed by atoms with Gasteiger partial charge in [-0.25, -0.2) is 4.98 Å². The van der Waals surface area contributed by atoms with Gasteiger partial charge in [0.25, 0.3) is 0 Å². The van der Waals surface area contributed by atoms with Crippen molar-refractivity contribution in [1.82, 2.24) is 25.3 Å². The first-order valence-corrected chi connectivity index (χ1v) is 5.03. The molecule has 7 heteroatoms. The summed E-state index contributed by atoms with van der Waals surface area (Å²) >= 11 is 0. The van der Waals surface area contributed by atoms with Crippen molar-refractivity contribution in [3.05, 3.63) is 12.2 Å². The van der Waals surface area contributed by atoms with Crippen LogP contribution in [0.2, 0.25) is 0 Å². The van der Waals surface area contributed by atoms with Crippen LogP contribution in [-0.2, 0) is 6.42 Å². The lowest BCUT2D eigenvalue weighted by molar-refractivity contribution is 0.116. The molecule has 16 heavy (non-hydrogen) atoms. The second-order valence-electron chi connectivity index (χ2n) is 3.86. The van der Waals surface area contributed by atoms with E-state index in [1.54, 1.807) is 0 Å². The van der Waals surface area contributed by atoms with Crippen LogP contribution in [0.25, 0.3) is 11.6 Å². The molecule has 1 atom stereocenters. The minimum absolute atomic E-state index is 0.153. The molecular formula is C9H13N5O2. The van der Waals surface area contributed by atoms with E-state index in [0.717, 1.165) is 0 Å². The summed E-state index contributed by atoms with van der Waals surface area (Å²) < 4.78 is 5.00. The fourth-order valence-corrected chi connectivity index (χ4v) is 1.16. The fourth-order valence-electron chi connectivity index (χ4n) is 1.16. The Hall–Kier alpha value is -1.76. The number of aromatic amines is 1. The summed E-state index contributed by atoms with van der Waals surface area (Å²) in [6.45, 7) is 3.86. The van der Waals surface area contributed by atoms with Gasteiger partial charge in [-0.15, -0.1) is 0 Å². The molecule has 0 radical (unpaired) electrons. The van der Waals surface area contributed by atoms with E-state index in [0.29, 0.717) is 24.0 Å². The van der Waals surface area contributed by atoms with Crippen LogP contribution < -0.4 is 0 Å². The Morgan fingerprint density at radius 1 is 1.50 bits per heavy atom. The highest BCUT2D eigenvalue weighted by Crippen LogP contribution is 2.12. The van der Waals surface area contributed by atoms with Crippen LogP contribution in [0.1, 0.15) is 19.7 Å².